The molecular weight excluding hydrogens is 222 g/mol. The van der Waals surface area contributed by atoms with Crippen molar-refractivity contribution in [2.75, 3.05) is 20.8 Å². The van der Waals surface area contributed by atoms with Crippen LogP contribution in [0.1, 0.15) is 31.9 Å². The maximum Gasteiger partial charge on any atom is 0.180 e. The van der Waals surface area contributed by atoms with E-state index in [-0.39, 0.29) is 5.41 Å². The molecule has 1 aromatic rings. The molecule has 0 saturated carbocycles. The van der Waals surface area contributed by atoms with Gasteiger partial charge in [-0.2, -0.15) is 0 Å². The highest BCUT2D eigenvalue weighted by molar-refractivity contribution is 7.16. The van der Waals surface area contributed by atoms with Gasteiger partial charge in [-0.15, -0.1) is 0 Å². The maximum atomic E-state index is 5.66. The summed E-state index contributed by atoms with van der Waals surface area (Å²) in [7, 11) is 3.39. The molecule has 3 nitrogen and oxygen atoms in total. The molecule has 0 fully saturated rings. The quantitative estimate of drug-likeness (QED) is 0.884. The lowest BCUT2D eigenvalue weighted by Gasteiger charge is -2.21. The number of thiophene rings is 1. The Balaban J connectivity index is 3.34. The zero-order valence-electron chi connectivity index (χ0n) is 10.7. The molecule has 0 amide bonds. The molecule has 0 aliphatic carbocycles. The van der Waals surface area contributed by atoms with Crippen molar-refractivity contribution >= 4 is 11.3 Å². The zero-order chi connectivity index (χ0) is 12.3. The minimum Gasteiger partial charge on any atom is -0.487 e. The number of nitrogens with two attached hydrogens (primary N) is 1. The third-order valence-electron chi connectivity index (χ3n) is 2.45. The average molecular weight is 243 g/mol. The number of methoxy groups -OCH3 is 2. The standard InChI is InChI=1S/C12H21NO2S/c1-12(2,3)9-8(6-7-13)10(14-4)16-11(9)15-5/h6-7,13H2,1-5H3. The highest BCUT2D eigenvalue weighted by atomic mass is 32.1. The second-order valence-electron chi connectivity index (χ2n) is 4.73. The Kier molecular flexibility index (Phi) is 4.21. The van der Waals surface area contributed by atoms with Crippen molar-refractivity contribution in [3.05, 3.63) is 11.1 Å². The van der Waals surface area contributed by atoms with Crippen LogP contribution in [0.5, 0.6) is 10.1 Å². The number of hydrogen-bond acceptors (Lipinski definition) is 4. The Hall–Kier alpha value is -0.740. The molecule has 4 heteroatoms. The summed E-state index contributed by atoms with van der Waals surface area (Å²) in [5.74, 6) is 0. The van der Waals surface area contributed by atoms with Gasteiger partial charge < -0.3 is 15.2 Å². The fourth-order valence-corrected chi connectivity index (χ4v) is 3.05. The van der Waals surface area contributed by atoms with Crippen molar-refractivity contribution in [2.24, 2.45) is 5.73 Å². The first kappa shape index (κ1) is 13.3. The Morgan fingerprint density at radius 3 is 2.06 bits per heavy atom. The minimum atomic E-state index is 0.0448. The lowest BCUT2D eigenvalue weighted by atomic mass is 9.85. The molecule has 0 atom stereocenters. The predicted molar refractivity (Wildman–Crippen MR) is 68.9 cm³/mol. The van der Waals surface area contributed by atoms with Gasteiger partial charge in [0, 0.05) is 11.1 Å². The number of hydrogen-bond donors (Lipinski definition) is 1. The van der Waals surface area contributed by atoms with Gasteiger partial charge in [0.15, 0.2) is 10.1 Å². The van der Waals surface area contributed by atoms with Crippen LogP contribution in [0.25, 0.3) is 0 Å². The summed E-state index contributed by atoms with van der Waals surface area (Å²) in [6.07, 6.45) is 0.829. The predicted octanol–water partition coefficient (Wildman–Crippen LogP) is 2.56. The molecule has 2 N–H and O–H groups in total. The van der Waals surface area contributed by atoms with Gasteiger partial charge in [-0.1, -0.05) is 32.1 Å². The highest BCUT2D eigenvalue weighted by Gasteiger charge is 2.28. The molecule has 92 valence electrons. The highest BCUT2D eigenvalue weighted by Crippen LogP contribution is 2.46. The van der Waals surface area contributed by atoms with Crippen LogP contribution in [0.2, 0.25) is 0 Å². The van der Waals surface area contributed by atoms with Crippen molar-refractivity contribution in [3.8, 4) is 10.1 Å². The summed E-state index contributed by atoms with van der Waals surface area (Å²) < 4.78 is 10.8. The van der Waals surface area contributed by atoms with Crippen molar-refractivity contribution in [2.45, 2.75) is 32.6 Å². The van der Waals surface area contributed by atoms with Gasteiger partial charge in [-0.25, -0.2) is 0 Å². The van der Waals surface area contributed by atoms with E-state index in [1.54, 1.807) is 25.6 Å². The number of ether oxygens (including phenoxy) is 2. The van der Waals surface area contributed by atoms with Crippen LogP contribution in [0.15, 0.2) is 0 Å². The van der Waals surface area contributed by atoms with Gasteiger partial charge in [0.2, 0.25) is 0 Å². The summed E-state index contributed by atoms with van der Waals surface area (Å²) in [5, 5.41) is 1.86. The van der Waals surface area contributed by atoms with Crippen molar-refractivity contribution in [1.29, 1.82) is 0 Å². The van der Waals surface area contributed by atoms with Crippen LogP contribution in [-0.4, -0.2) is 20.8 Å². The van der Waals surface area contributed by atoms with Crippen molar-refractivity contribution in [1.82, 2.24) is 0 Å². The Labute approximate surface area is 102 Å². The fraction of sp³-hybridized carbons (Fsp3) is 0.667. The van der Waals surface area contributed by atoms with E-state index in [4.69, 9.17) is 15.2 Å². The second-order valence-corrected chi connectivity index (χ2v) is 5.67. The van der Waals surface area contributed by atoms with E-state index in [0.29, 0.717) is 6.54 Å². The van der Waals surface area contributed by atoms with E-state index in [1.165, 1.54) is 11.1 Å². The van der Waals surface area contributed by atoms with Crippen LogP contribution in [-0.2, 0) is 11.8 Å². The fourth-order valence-electron chi connectivity index (χ4n) is 1.86. The second kappa shape index (κ2) is 5.06. The Morgan fingerprint density at radius 2 is 1.69 bits per heavy atom. The molecule has 1 aromatic heterocycles. The summed E-state index contributed by atoms with van der Waals surface area (Å²) >= 11 is 1.55. The molecule has 0 radical (unpaired) electrons. The summed E-state index contributed by atoms with van der Waals surface area (Å²) in [5.41, 5.74) is 8.12. The third kappa shape index (κ3) is 2.50. The van der Waals surface area contributed by atoms with E-state index < -0.39 is 0 Å². The summed E-state index contributed by atoms with van der Waals surface area (Å²) in [6, 6.07) is 0. The van der Waals surface area contributed by atoms with Gasteiger partial charge in [-0.3, -0.25) is 0 Å². The van der Waals surface area contributed by atoms with Gasteiger partial charge in [0.1, 0.15) is 0 Å². The van der Waals surface area contributed by atoms with Crippen molar-refractivity contribution < 1.29 is 9.47 Å². The molecule has 1 rings (SSSR count). The maximum absolute atomic E-state index is 5.66. The Bertz CT molecular complexity index is 353. The first-order valence-corrected chi connectivity index (χ1v) is 6.21. The van der Waals surface area contributed by atoms with Crippen molar-refractivity contribution in [3.63, 3.8) is 0 Å². The van der Waals surface area contributed by atoms with Gasteiger partial charge >= 0.3 is 0 Å². The Morgan fingerprint density at radius 1 is 1.12 bits per heavy atom. The molecule has 0 spiro atoms. The van der Waals surface area contributed by atoms with E-state index in [2.05, 4.69) is 20.8 Å². The third-order valence-corrected chi connectivity index (χ3v) is 3.61. The van der Waals surface area contributed by atoms with E-state index >= 15 is 0 Å². The topological polar surface area (TPSA) is 44.5 Å². The molecular formula is C12H21NO2S. The lowest BCUT2D eigenvalue weighted by Crippen LogP contribution is -2.16. The average Bonchev–Trinajstić information content (AvgIpc) is 2.56. The zero-order valence-corrected chi connectivity index (χ0v) is 11.5. The minimum absolute atomic E-state index is 0.0448. The van der Waals surface area contributed by atoms with Gasteiger partial charge in [-0.05, 0) is 18.4 Å². The molecule has 1 heterocycles. The van der Waals surface area contributed by atoms with Crippen LogP contribution in [0, 0.1) is 0 Å². The normalized spacial score (nSPS) is 11.6. The smallest absolute Gasteiger partial charge is 0.180 e. The van der Waals surface area contributed by atoms with E-state index in [1.807, 2.05) is 0 Å². The number of rotatable bonds is 4. The van der Waals surface area contributed by atoms with Crippen LogP contribution < -0.4 is 15.2 Å². The first-order valence-electron chi connectivity index (χ1n) is 5.39. The van der Waals surface area contributed by atoms with E-state index in [9.17, 15) is 0 Å². The van der Waals surface area contributed by atoms with E-state index in [0.717, 1.165) is 16.5 Å². The molecule has 0 aliphatic rings. The first-order chi connectivity index (χ1) is 7.45. The summed E-state index contributed by atoms with van der Waals surface area (Å²) in [4.78, 5) is 0. The van der Waals surface area contributed by atoms with Crippen LogP contribution in [0.4, 0.5) is 0 Å². The summed E-state index contributed by atoms with van der Waals surface area (Å²) in [6.45, 7) is 7.16. The lowest BCUT2D eigenvalue weighted by molar-refractivity contribution is 0.408. The monoisotopic (exact) mass is 243 g/mol. The molecule has 0 unspecified atom stereocenters. The molecule has 0 bridgehead atoms. The van der Waals surface area contributed by atoms with Crippen LogP contribution >= 0.6 is 11.3 Å². The SMILES string of the molecule is COc1sc(OC)c(C(C)(C)C)c1CCN. The molecule has 0 aromatic carbocycles. The molecule has 0 aliphatic heterocycles. The van der Waals surface area contributed by atoms with Crippen LogP contribution in [0.3, 0.4) is 0 Å². The van der Waals surface area contributed by atoms with Gasteiger partial charge in [0.05, 0.1) is 14.2 Å². The molecule has 0 saturated heterocycles. The molecule has 16 heavy (non-hydrogen) atoms. The largest absolute Gasteiger partial charge is 0.487 e. The van der Waals surface area contributed by atoms with Gasteiger partial charge in [0.25, 0.3) is 0 Å².